The molecular weight excluding hydrogens is 269 g/mol. The molecule has 0 aliphatic rings. The Labute approximate surface area is 110 Å². The Bertz CT molecular complexity index is 675. The van der Waals surface area contributed by atoms with Crippen molar-refractivity contribution in [2.75, 3.05) is 0 Å². The standard InChI is InChI=1S/C12H14FN3O2S/c1-8-12(9(2)16-15-8)19(17,18)14-7-10-5-3-4-6-11(10)13/h3-6,14H,7H2,1-2H3,(H,15,16). The largest absolute Gasteiger partial charge is 0.281 e. The average Bonchev–Trinajstić information content (AvgIpc) is 2.69. The number of sulfonamides is 1. The van der Waals surface area contributed by atoms with Crippen LogP contribution in [0.15, 0.2) is 29.2 Å². The molecule has 7 heteroatoms. The molecule has 0 saturated heterocycles. The van der Waals surface area contributed by atoms with Gasteiger partial charge in [-0.25, -0.2) is 17.5 Å². The van der Waals surface area contributed by atoms with Crippen LogP contribution < -0.4 is 4.72 Å². The summed E-state index contributed by atoms with van der Waals surface area (Å²) in [5.41, 5.74) is 1.14. The predicted molar refractivity (Wildman–Crippen MR) is 68.5 cm³/mol. The third kappa shape index (κ3) is 2.82. The molecule has 0 amide bonds. The zero-order chi connectivity index (χ0) is 14.0. The molecule has 1 aromatic carbocycles. The maximum absolute atomic E-state index is 13.4. The Morgan fingerprint density at radius 2 is 2.00 bits per heavy atom. The van der Waals surface area contributed by atoms with Gasteiger partial charge in [-0.15, -0.1) is 0 Å². The maximum atomic E-state index is 13.4. The summed E-state index contributed by atoms with van der Waals surface area (Å²) in [6, 6.07) is 6.03. The first-order valence-electron chi connectivity index (χ1n) is 5.66. The van der Waals surface area contributed by atoms with Gasteiger partial charge in [-0.2, -0.15) is 5.10 Å². The number of benzene rings is 1. The highest BCUT2D eigenvalue weighted by Gasteiger charge is 2.22. The summed E-state index contributed by atoms with van der Waals surface area (Å²) in [6.07, 6.45) is 0. The molecule has 0 aliphatic heterocycles. The molecule has 0 aliphatic carbocycles. The van der Waals surface area contributed by atoms with Crippen LogP contribution in [0, 0.1) is 19.7 Å². The van der Waals surface area contributed by atoms with Gasteiger partial charge >= 0.3 is 0 Å². The Morgan fingerprint density at radius 1 is 1.32 bits per heavy atom. The molecule has 1 heterocycles. The second-order valence-corrected chi connectivity index (χ2v) is 5.88. The van der Waals surface area contributed by atoms with Crippen LogP contribution in [0.25, 0.3) is 0 Å². The molecule has 0 radical (unpaired) electrons. The quantitative estimate of drug-likeness (QED) is 0.895. The number of aromatic amines is 1. The maximum Gasteiger partial charge on any atom is 0.244 e. The third-order valence-electron chi connectivity index (χ3n) is 2.74. The van der Waals surface area contributed by atoms with E-state index in [0.29, 0.717) is 17.0 Å². The summed E-state index contributed by atoms with van der Waals surface area (Å²) in [5, 5.41) is 6.45. The van der Waals surface area contributed by atoms with Gasteiger partial charge in [-0.05, 0) is 19.9 Å². The summed E-state index contributed by atoms with van der Waals surface area (Å²) in [6.45, 7) is 3.12. The van der Waals surface area contributed by atoms with Crippen molar-refractivity contribution in [3.63, 3.8) is 0 Å². The van der Waals surface area contributed by atoms with Crippen LogP contribution in [0.2, 0.25) is 0 Å². The summed E-state index contributed by atoms with van der Waals surface area (Å²) < 4.78 is 40.0. The summed E-state index contributed by atoms with van der Waals surface area (Å²) in [5.74, 6) is -0.439. The van der Waals surface area contributed by atoms with Crippen molar-refractivity contribution in [3.05, 3.63) is 47.0 Å². The number of nitrogens with zero attached hydrogens (tertiary/aromatic N) is 1. The van der Waals surface area contributed by atoms with Crippen molar-refractivity contribution in [2.45, 2.75) is 25.3 Å². The van der Waals surface area contributed by atoms with Gasteiger partial charge in [0, 0.05) is 12.1 Å². The van der Waals surface area contributed by atoms with Crippen LogP contribution in [0.5, 0.6) is 0 Å². The first-order valence-corrected chi connectivity index (χ1v) is 7.15. The van der Waals surface area contributed by atoms with E-state index >= 15 is 0 Å². The van der Waals surface area contributed by atoms with Gasteiger partial charge in [0.05, 0.1) is 11.4 Å². The van der Waals surface area contributed by atoms with Crippen molar-refractivity contribution in [2.24, 2.45) is 0 Å². The summed E-state index contributed by atoms with van der Waals surface area (Å²) >= 11 is 0. The van der Waals surface area contributed by atoms with E-state index in [2.05, 4.69) is 14.9 Å². The fourth-order valence-corrected chi connectivity index (χ4v) is 3.20. The molecule has 0 atom stereocenters. The van der Waals surface area contributed by atoms with Crippen LogP contribution >= 0.6 is 0 Å². The lowest BCUT2D eigenvalue weighted by atomic mass is 10.2. The smallest absolute Gasteiger partial charge is 0.244 e. The number of H-pyrrole nitrogens is 1. The van der Waals surface area contributed by atoms with Crippen LogP contribution in [-0.2, 0) is 16.6 Å². The molecular formula is C12H14FN3O2S. The van der Waals surface area contributed by atoms with Gasteiger partial charge in [0.15, 0.2) is 0 Å². The van der Waals surface area contributed by atoms with E-state index < -0.39 is 15.8 Å². The molecule has 0 fully saturated rings. The van der Waals surface area contributed by atoms with Crippen LogP contribution in [0.1, 0.15) is 17.0 Å². The number of halogens is 1. The highest BCUT2D eigenvalue weighted by Crippen LogP contribution is 2.17. The molecule has 5 nitrogen and oxygen atoms in total. The van der Waals surface area contributed by atoms with Gasteiger partial charge in [0.1, 0.15) is 10.7 Å². The number of hydrogen-bond donors (Lipinski definition) is 2. The van der Waals surface area contributed by atoms with Crippen molar-refractivity contribution < 1.29 is 12.8 Å². The van der Waals surface area contributed by atoms with E-state index in [1.54, 1.807) is 26.0 Å². The first kappa shape index (κ1) is 13.7. The van der Waals surface area contributed by atoms with Gasteiger partial charge in [-0.3, -0.25) is 5.10 Å². The van der Waals surface area contributed by atoms with Crippen molar-refractivity contribution in [1.29, 1.82) is 0 Å². The molecule has 1 aromatic heterocycles. The number of aromatic nitrogens is 2. The molecule has 2 aromatic rings. The van der Waals surface area contributed by atoms with Gasteiger partial charge in [0.25, 0.3) is 0 Å². The number of nitrogens with one attached hydrogen (secondary N) is 2. The normalized spacial score (nSPS) is 11.7. The lowest BCUT2D eigenvalue weighted by molar-refractivity contribution is 0.573. The second kappa shape index (κ2) is 5.10. The lowest BCUT2D eigenvalue weighted by Gasteiger charge is -2.07. The van der Waals surface area contributed by atoms with Crippen LogP contribution in [0.3, 0.4) is 0 Å². The molecule has 2 N–H and O–H groups in total. The van der Waals surface area contributed by atoms with Crippen molar-refractivity contribution in [1.82, 2.24) is 14.9 Å². The van der Waals surface area contributed by atoms with E-state index in [9.17, 15) is 12.8 Å². The van der Waals surface area contributed by atoms with Crippen molar-refractivity contribution in [3.8, 4) is 0 Å². The number of aryl methyl sites for hydroxylation is 2. The molecule has 19 heavy (non-hydrogen) atoms. The van der Waals surface area contributed by atoms with E-state index in [-0.39, 0.29) is 11.4 Å². The molecule has 102 valence electrons. The monoisotopic (exact) mass is 283 g/mol. The molecule has 0 saturated carbocycles. The molecule has 2 rings (SSSR count). The Balaban J connectivity index is 2.22. The van der Waals surface area contributed by atoms with Gasteiger partial charge < -0.3 is 0 Å². The Kier molecular flexibility index (Phi) is 3.68. The zero-order valence-corrected chi connectivity index (χ0v) is 11.4. The van der Waals surface area contributed by atoms with E-state index in [0.717, 1.165) is 0 Å². The first-order chi connectivity index (χ1) is 8.92. The zero-order valence-electron chi connectivity index (χ0n) is 10.6. The second-order valence-electron chi connectivity index (χ2n) is 4.18. The third-order valence-corrected chi connectivity index (χ3v) is 4.40. The van der Waals surface area contributed by atoms with E-state index in [4.69, 9.17) is 0 Å². The average molecular weight is 283 g/mol. The minimum absolute atomic E-state index is 0.0981. The highest BCUT2D eigenvalue weighted by molar-refractivity contribution is 7.89. The van der Waals surface area contributed by atoms with E-state index in [1.165, 1.54) is 12.1 Å². The molecule has 0 unspecified atom stereocenters. The number of rotatable bonds is 4. The predicted octanol–water partition coefficient (Wildman–Crippen LogP) is 1.64. The highest BCUT2D eigenvalue weighted by atomic mass is 32.2. The van der Waals surface area contributed by atoms with Gasteiger partial charge in [-0.1, -0.05) is 18.2 Å². The van der Waals surface area contributed by atoms with Crippen LogP contribution in [-0.4, -0.2) is 18.6 Å². The van der Waals surface area contributed by atoms with E-state index in [1.807, 2.05) is 0 Å². The Morgan fingerprint density at radius 3 is 2.58 bits per heavy atom. The van der Waals surface area contributed by atoms with Crippen LogP contribution in [0.4, 0.5) is 4.39 Å². The summed E-state index contributed by atoms with van der Waals surface area (Å²) in [4.78, 5) is 0.115. The molecule has 0 spiro atoms. The van der Waals surface area contributed by atoms with Crippen molar-refractivity contribution >= 4 is 10.0 Å². The Hall–Kier alpha value is -1.73. The fraction of sp³-hybridized carbons (Fsp3) is 0.250. The summed E-state index contributed by atoms with van der Waals surface area (Å²) in [7, 11) is -3.70. The lowest BCUT2D eigenvalue weighted by Crippen LogP contribution is -2.24. The van der Waals surface area contributed by atoms with Gasteiger partial charge in [0.2, 0.25) is 10.0 Å². The minimum atomic E-state index is -3.70. The number of hydrogen-bond acceptors (Lipinski definition) is 3. The minimum Gasteiger partial charge on any atom is -0.281 e. The molecule has 0 bridgehead atoms. The fourth-order valence-electron chi connectivity index (χ4n) is 1.82. The SMILES string of the molecule is Cc1n[nH]c(C)c1S(=O)(=O)NCc1ccccc1F. The topological polar surface area (TPSA) is 74.8 Å².